The molecule has 0 aliphatic heterocycles. The van der Waals surface area contributed by atoms with E-state index in [0.29, 0.717) is 5.16 Å². The topological polar surface area (TPSA) is 0 Å². The normalized spacial score (nSPS) is 12.0. The van der Waals surface area contributed by atoms with E-state index in [9.17, 15) is 0 Å². The van der Waals surface area contributed by atoms with E-state index in [2.05, 4.69) is 30.0 Å². The molecule has 1 heteroatoms. The van der Waals surface area contributed by atoms with E-state index in [1.165, 1.54) is 154 Å². The molecule has 0 aromatic rings. The first-order chi connectivity index (χ1) is 14.2. The zero-order valence-electron chi connectivity index (χ0n) is 21.0. The maximum Gasteiger partial charge on any atom is -0.0150 e. The summed E-state index contributed by atoms with van der Waals surface area (Å²) >= 11 is 0. The highest BCUT2D eigenvalue weighted by atomic mass is 31.0. The molecular formula is C28H59P. The molecule has 29 heavy (non-hydrogen) atoms. The van der Waals surface area contributed by atoms with Gasteiger partial charge in [-0.2, -0.15) is 0 Å². The second-order valence-electron chi connectivity index (χ2n) is 9.98. The molecule has 0 aliphatic carbocycles. The van der Waals surface area contributed by atoms with Gasteiger partial charge in [-0.15, -0.1) is 9.24 Å². The lowest BCUT2D eigenvalue weighted by atomic mass is 9.88. The number of hydrogen-bond acceptors (Lipinski definition) is 0. The van der Waals surface area contributed by atoms with Gasteiger partial charge < -0.3 is 0 Å². The van der Waals surface area contributed by atoms with Crippen LogP contribution in [0.1, 0.15) is 175 Å². The summed E-state index contributed by atoms with van der Waals surface area (Å²) in [5.41, 5.74) is 0. The molecule has 1 atom stereocenters. The van der Waals surface area contributed by atoms with Gasteiger partial charge in [0.15, 0.2) is 0 Å². The summed E-state index contributed by atoms with van der Waals surface area (Å²) in [5.74, 6) is 0. The molecule has 0 heterocycles. The minimum absolute atomic E-state index is 0.552. The van der Waals surface area contributed by atoms with Crippen molar-refractivity contribution in [3.63, 3.8) is 0 Å². The Balaban J connectivity index is 4.03. The first-order valence-corrected chi connectivity index (χ1v) is 14.5. The third-order valence-corrected chi connectivity index (χ3v) is 7.70. The summed E-state index contributed by atoms with van der Waals surface area (Å²) < 4.78 is 0. The molecule has 0 rings (SSSR count). The monoisotopic (exact) mass is 426 g/mol. The molecular weight excluding hydrogens is 367 g/mol. The fraction of sp³-hybridized carbons (Fsp3) is 1.00. The maximum absolute atomic E-state index is 3.36. The zero-order valence-corrected chi connectivity index (χ0v) is 22.2. The Morgan fingerprint density at radius 1 is 0.345 bits per heavy atom. The first-order valence-electron chi connectivity index (χ1n) is 14.0. The van der Waals surface area contributed by atoms with Crippen molar-refractivity contribution in [2.75, 3.05) is 0 Å². The summed E-state index contributed by atoms with van der Waals surface area (Å²) in [6, 6.07) is 0. The molecule has 176 valence electrons. The lowest BCUT2D eigenvalue weighted by molar-refractivity contribution is 0.402. The Hall–Kier alpha value is 0.430. The fourth-order valence-corrected chi connectivity index (χ4v) is 5.29. The van der Waals surface area contributed by atoms with Crippen LogP contribution in [-0.2, 0) is 0 Å². The minimum Gasteiger partial charge on any atom is -0.131 e. The van der Waals surface area contributed by atoms with Gasteiger partial charge >= 0.3 is 0 Å². The van der Waals surface area contributed by atoms with Crippen LogP contribution in [0.15, 0.2) is 0 Å². The van der Waals surface area contributed by atoms with E-state index in [1.54, 1.807) is 0 Å². The van der Waals surface area contributed by atoms with Crippen molar-refractivity contribution in [1.29, 1.82) is 0 Å². The third kappa shape index (κ3) is 21.4. The van der Waals surface area contributed by atoms with Gasteiger partial charge in [-0.05, 0) is 24.4 Å². The van der Waals surface area contributed by atoms with Crippen molar-refractivity contribution in [2.45, 2.75) is 180 Å². The Labute approximate surface area is 189 Å². The van der Waals surface area contributed by atoms with E-state index in [1.807, 2.05) is 0 Å². The van der Waals surface area contributed by atoms with Crippen LogP contribution in [0.3, 0.4) is 0 Å². The van der Waals surface area contributed by atoms with Crippen LogP contribution >= 0.6 is 9.24 Å². The Bertz CT molecular complexity index is 253. The molecule has 0 radical (unpaired) electrons. The van der Waals surface area contributed by atoms with Gasteiger partial charge in [-0.25, -0.2) is 0 Å². The highest BCUT2D eigenvalue weighted by Crippen LogP contribution is 2.37. The van der Waals surface area contributed by atoms with Gasteiger partial charge in [-0.3, -0.25) is 0 Å². The number of unbranched alkanes of at least 4 members (excludes halogenated alkanes) is 18. The van der Waals surface area contributed by atoms with Crippen LogP contribution in [-0.4, -0.2) is 5.16 Å². The van der Waals surface area contributed by atoms with Crippen molar-refractivity contribution in [3.05, 3.63) is 0 Å². The van der Waals surface area contributed by atoms with Crippen LogP contribution < -0.4 is 0 Å². The Morgan fingerprint density at radius 3 is 0.793 bits per heavy atom. The molecule has 0 spiro atoms. The molecule has 0 amide bonds. The van der Waals surface area contributed by atoms with Crippen LogP contribution in [0.5, 0.6) is 0 Å². The SMILES string of the molecule is CCCCCCCCCC(P)(CCCCCCCCC)CCCCCCCCC. The Morgan fingerprint density at radius 2 is 0.552 bits per heavy atom. The van der Waals surface area contributed by atoms with Gasteiger partial charge in [0.1, 0.15) is 0 Å². The largest absolute Gasteiger partial charge is 0.131 e. The van der Waals surface area contributed by atoms with Crippen LogP contribution in [0.2, 0.25) is 0 Å². The van der Waals surface area contributed by atoms with Crippen molar-refractivity contribution < 1.29 is 0 Å². The maximum atomic E-state index is 3.36. The average molecular weight is 427 g/mol. The van der Waals surface area contributed by atoms with Gasteiger partial charge in [0.2, 0.25) is 0 Å². The predicted molar refractivity (Wildman–Crippen MR) is 140 cm³/mol. The predicted octanol–water partition coefficient (Wildman–Crippen LogP) is 11.0. The van der Waals surface area contributed by atoms with Gasteiger partial charge in [0, 0.05) is 0 Å². The summed E-state index contributed by atoms with van der Waals surface area (Å²) in [7, 11) is 3.36. The van der Waals surface area contributed by atoms with Gasteiger partial charge in [0.05, 0.1) is 0 Å². The van der Waals surface area contributed by atoms with E-state index in [4.69, 9.17) is 0 Å². The standard InChI is InChI=1S/C28H59P/c1-4-7-10-13-16-19-22-25-28(29,26-23-20-17-14-11-8-5-2)27-24-21-18-15-12-9-6-3/h4-27,29H2,1-3H3. The molecule has 0 aromatic heterocycles. The highest BCUT2D eigenvalue weighted by molar-refractivity contribution is 7.19. The molecule has 0 nitrogen and oxygen atoms in total. The average Bonchev–Trinajstić information content (AvgIpc) is 2.72. The minimum atomic E-state index is 0.552. The van der Waals surface area contributed by atoms with Crippen molar-refractivity contribution >= 4 is 9.24 Å². The molecule has 0 N–H and O–H groups in total. The summed E-state index contributed by atoms with van der Waals surface area (Å²) in [6.07, 6.45) is 34.7. The van der Waals surface area contributed by atoms with E-state index >= 15 is 0 Å². The lowest BCUT2D eigenvalue weighted by Crippen LogP contribution is -2.20. The zero-order chi connectivity index (χ0) is 21.5. The number of rotatable bonds is 24. The van der Waals surface area contributed by atoms with Crippen molar-refractivity contribution in [2.24, 2.45) is 0 Å². The molecule has 1 unspecified atom stereocenters. The Kier molecular flexibility index (Phi) is 23.4. The van der Waals surface area contributed by atoms with Gasteiger partial charge in [0.25, 0.3) is 0 Å². The quantitative estimate of drug-likeness (QED) is 0.106. The summed E-state index contributed by atoms with van der Waals surface area (Å²) in [6.45, 7) is 6.95. The van der Waals surface area contributed by atoms with Crippen LogP contribution in [0, 0.1) is 0 Å². The van der Waals surface area contributed by atoms with E-state index in [-0.39, 0.29) is 0 Å². The fourth-order valence-electron chi connectivity index (χ4n) is 4.68. The molecule has 0 saturated carbocycles. The van der Waals surface area contributed by atoms with Crippen LogP contribution in [0.25, 0.3) is 0 Å². The van der Waals surface area contributed by atoms with Crippen LogP contribution in [0.4, 0.5) is 0 Å². The van der Waals surface area contributed by atoms with E-state index in [0.717, 1.165) is 0 Å². The molecule has 0 aliphatic rings. The molecule has 0 aromatic carbocycles. The van der Waals surface area contributed by atoms with Gasteiger partial charge in [-0.1, -0.05) is 156 Å². The number of hydrogen-bond donors (Lipinski definition) is 0. The first kappa shape index (κ1) is 29.4. The highest BCUT2D eigenvalue weighted by Gasteiger charge is 2.23. The van der Waals surface area contributed by atoms with Crippen molar-refractivity contribution in [1.82, 2.24) is 0 Å². The summed E-state index contributed by atoms with van der Waals surface area (Å²) in [5, 5.41) is 0.552. The molecule has 0 fully saturated rings. The van der Waals surface area contributed by atoms with E-state index < -0.39 is 0 Å². The smallest absolute Gasteiger partial charge is 0.0150 e. The second kappa shape index (κ2) is 23.1. The lowest BCUT2D eigenvalue weighted by Gasteiger charge is -2.30. The second-order valence-corrected chi connectivity index (χ2v) is 11.2. The third-order valence-electron chi connectivity index (χ3n) is 6.83. The molecule has 0 saturated heterocycles. The molecule has 0 bridgehead atoms. The summed E-state index contributed by atoms with van der Waals surface area (Å²) in [4.78, 5) is 0. The van der Waals surface area contributed by atoms with Crippen molar-refractivity contribution in [3.8, 4) is 0 Å².